The quantitative estimate of drug-likeness (QED) is 0.852. The van der Waals surface area contributed by atoms with Crippen molar-refractivity contribution in [3.05, 3.63) is 50.3 Å². The number of rotatable bonds is 1. The lowest BCUT2D eigenvalue weighted by Crippen LogP contribution is -2.03. The minimum absolute atomic E-state index is 0.153. The molecule has 0 aliphatic rings. The molecule has 0 bridgehead atoms. The van der Waals surface area contributed by atoms with Crippen molar-refractivity contribution in [3.8, 4) is 5.69 Å². The molecule has 2 aromatic rings. The Labute approximate surface area is 93.4 Å². The van der Waals surface area contributed by atoms with E-state index in [1.54, 1.807) is 23.0 Å². The Kier molecular flexibility index (Phi) is 2.48. The van der Waals surface area contributed by atoms with Crippen molar-refractivity contribution >= 4 is 27.5 Å². The summed E-state index contributed by atoms with van der Waals surface area (Å²) in [5, 5.41) is 3.32. The van der Waals surface area contributed by atoms with Crippen LogP contribution < -0.4 is 5.56 Å². The van der Waals surface area contributed by atoms with Gasteiger partial charge in [-0.1, -0.05) is 11.6 Å². The molecule has 0 radical (unpaired) electrons. The maximum absolute atomic E-state index is 11.1. The standard InChI is InChI=1S/C9H6BrClN2O/c10-8-5-13(12-9(8)14)7-3-1-6(11)2-4-7/h1-5H,(H,12,14). The Morgan fingerprint density at radius 2 is 1.93 bits per heavy atom. The van der Waals surface area contributed by atoms with Crippen LogP contribution in [0, 0.1) is 0 Å². The Balaban J connectivity index is 2.49. The lowest BCUT2D eigenvalue weighted by molar-refractivity contribution is 0.864. The molecule has 0 amide bonds. The van der Waals surface area contributed by atoms with E-state index >= 15 is 0 Å². The van der Waals surface area contributed by atoms with Crippen LogP contribution in [0.1, 0.15) is 0 Å². The van der Waals surface area contributed by atoms with Gasteiger partial charge < -0.3 is 0 Å². The predicted molar refractivity (Wildman–Crippen MR) is 59.1 cm³/mol. The topological polar surface area (TPSA) is 37.8 Å². The van der Waals surface area contributed by atoms with Gasteiger partial charge in [0.25, 0.3) is 5.56 Å². The molecule has 0 fully saturated rings. The summed E-state index contributed by atoms with van der Waals surface area (Å²) in [5.41, 5.74) is 0.706. The van der Waals surface area contributed by atoms with Gasteiger partial charge >= 0.3 is 0 Å². The number of aromatic amines is 1. The summed E-state index contributed by atoms with van der Waals surface area (Å²) in [6.45, 7) is 0. The highest BCUT2D eigenvalue weighted by atomic mass is 79.9. The minimum atomic E-state index is -0.153. The van der Waals surface area contributed by atoms with E-state index in [4.69, 9.17) is 11.6 Å². The third kappa shape index (κ3) is 1.76. The summed E-state index contributed by atoms with van der Waals surface area (Å²) in [6, 6.07) is 7.18. The van der Waals surface area contributed by atoms with Crippen molar-refractivity contribution in [2.24, 2.45) is 0 Å². The van der Waals surface area contributed by atoms with Gasteiger partial charge in [0.2, 0.25) is 0 Å². The predicted octanol–water partition coefficient (Wildman–Crippen LogP) is 2.58. The second kappa shape index (κ2) is 3.63. The Morgan fingerprint density at radius 1 is 1.29 bits per heavy atom. The smallest absolute Gasteiger partial charge is 0.267 e. The molecule has 0 aliphatic heterocycles. The van der Waals surface area contributed by atoms with Gasteiger partial charge in [-0.2, -0.15) is 0 Å². The van der Waals surface area contributed by atoms with Gasteiger partial charge in [-0.05, 0) is 40.2 Å². The molecular weight excluding hydrogens is 267 g/mol. The molecule has 1 heterocycles. The Morgan fingerprint density at radius 3 is 2.43 bits per heavy atom. The molecule has 0 spiro atoms. The van der Waals surface area contributed by atoms with Crippen molar-refractivity contribution in [2.45, 2.75) is 0 Å². The van der Waals surface area contributed by atoms with Crippen LogP contribution in [0.3, 0.4) is 0 Å². The number of nitrogens with one attached hydrogen (secondary N) is 1. The minimum Gasteiger partial charge on any atom is -0.267 e. The van der Waals surface area contributed by atoms with Gasteiger partial charge in [0.1, 0.15) is 4.47 Å². The molecule has 1 aromatic carbocycles. The number of halogens is 2. The molecule has 1 aromatic heterocycles. The summed E-state index contributed by atoms with van der Waals surface area (Å²) in [7, 11) is 0. The van der Waals surface area contributed by atoms with Crippen molar-refractivity contribution in [3.63, 3.8) is 0 Å². The number of aromatic nitrogens is 2. The van der Waals surface area contributed by atoms with Crippen LogP contribution in [-0.2, 0) is 0 Å². The average molecular weight is 274 g/mol. The van der Waals surface area contributed by atoms with Crippen LogP contribution in [0.5, 0.6) is 0 Å². The van der Waals surface area contributed by atoms with Crippen LogP contribution in [0.4, 0.5) is 0 Å². The first-order valence-electron chi connectivity index (χ1n) is 3.90. The summed E-state index contributed by atoms with van der Waals surface area (Å²) >= 11 is 8.88. The zero-order chi connectivity index (χ0) is 10.1. The van der Waals surface area contributed by atoms with E-state index < -0.39 is 0 Å². The highest BCUT2D eigenvalue weighted by Crippen LogP contribution is 2.13. The van der Waals surface area contributed by atoms with Crippen LogP contribution in [-0.4, -0.2) is 9.78 Å². The Bertz CT molecular complexity index is 500. The van der Waals surface area contributed by atoms with E-state index in [0.29, 0.717) is 9.50 Å². The van der Waals surface area contributed by atoms with E-state index in [-0.39, 0.29) is 5.56 Å². The molecule has 0 aliphatic carbocycles. The lowest BCUT2D eigenvalue weighted by Gasteiger charge is -2.00. The second-order valence-electron chi connectivity index (χ2n) is 2.76. The van der Waals surface area contributed by atoms with E-state index in [1.807, 2.05) is 12.1 Å². The largest absolute Gasteiger partial charge is 0.278 e. The van der Waals surface area contributed by atoms with Gasteiger partial charge in [-0.3, -0.25) is 14.6 Å². The average Bonchev–Trinajstić information content (AvgIpc) is 2.48. The van der Waals surface area contributed by atoms with Gasteiger partial charge in [0.15, 0.2) is 0 Å². The summed E-state index contributed by atoms with van der Waals surface area (Å²) in [5.74, 6) is 0. The first-order valence-corrected chi connectivity index (χ1v) is 5.07. The maximum atomic E-state index is 11.1. The van der Waals surface area contributed by atoms with E-state index in [9.17, 15) is 4.79 Å². The van der Waals surface area contributed by atoms with Gasteiger partial charge in [-0.15, -0.1) is 0 Å². The van der Waals surface area contributed by atoms with Gasteiger partial charge in [-0.25, -0.2) is 0 Å². The molecule has 72 valence electrons. The van der Waals surface area contributed by atoms with Crippen LogP contribution in [0.15, 0.2) is 39.7 Å². The molecule has 3 nitrogen and oxygen atoms in total. The van der Waals surface area contributed by atoms with Gasteiger partial charge in [0, 0.05) is 11.2 Å². The number of nitrogens with zero attached hydrogens (tertiary/aromatic N) is 1. The van der Waals surface area contributed by atoms with Crippen LogP contribution in [0.2, 0.25) is 5.02 Å². The van der Waals surface area contributed by atoms with Crippen LogP contribution >= 0.6 is 27.5 Å². The summed E-state index contributed by atoms with van der Waals surface area (Å²) in [6.07, 6.45) is 1.67. The summed E-state index contributed by atoms with van der Waals surface area (Å²) in [4.78, 5) is 11.1. The third-order valence-corrected chi connectivity index (χ3v) is 2.60. The van der Waals surface area contributed by atoms with Crippen molar-refractivity contribution in [1.29, 1.82) is 0 Å². The number of benzene rings is 1. The normalized spacial score (nSPS) is 10.4. The molecule has 0 saturated heterocycles. The highest BCUT2D eigenvalue weighted by molar-refractivity contribution is 9.10. The number of hydrogen-bond donors (Lipinski definition) is 1. The van der Waals surface area contributed by atoms with E-state index in [1.165, 1.54) is 0 Å². The lowest BCUT2D eigenvalue weighted by atomic mass is 10.3. The molecule has 2 rings (SSSR count). The monoisotopic (exact) mass is 272 g/mol. The molecule has 1 N–H and O–H groups in total. The molecule has 0 unspecified atom stereocenters. The fraction of sp³-hybridized carbons (Fsp3) is 0. The molecule has 0 saturated carbocycles. The number of H-pyrrole nitrogens is 1. The molecule has 5 heteroatoms. The number of hydrogen-bond acceptors (Lipinski definition) is 1. The van der Waals surface area contributed by atoms with Crippen LogP contribution in [0.25, 0.3) is 5.69 Å². The zero-order valence-corrected chi connectivity index (χ0v) is 9.34. The third-order valence-electron chi connectivity index (χ3n) is 1.79. The van der Waals surface area contributed by atoms with Crippen molar-refractivity contribution in [1.82, 2.24) is 9.78 Å². The Hall–Kier alpha value is -1.000. The fourth-order valence-corrected chi connectivity index (χ4v) is 1.53. The fourth-order valence-electron chi connectivity index (χ4n) is 1.11. The molecular formula is C9H6BrClN2O. The first-order chi connectivity index (χ1) is 6.66. The van der Waals surface area contributed by atoms with Gasteiger partial charge in [0.05, 0.1) is 5.69 Å². The van der Waals surface area contributed by atoms with Crippen molar-refractivity contribution in [2.75, 3.05) is 0 Å². The van der Waals surface area contributed by atoms with Crippen molar-refractivity contribution < 1.29 is 0 Å². The SMILES string of the molecule is O=c1[nH]n(-c2ccc(Cl)cc2)cc1Br. The van der Waals surface area contributed by atoms with E-state index in [0.717, 1.165) is 5.69 Å². The highest BCUT2D eigenvalue weighted by Gasteiger charge is 2.01. The van der Waals surface area contributed by atoms with E-state index in [2.05, 4.69) is 21.0 Å². The maximum Gasteiger partial charge on any atom is 0.278 e. The first kappa shape index (κ1) is 9.55. The summed E-state index contributed by atoms with van der Waals surface area (Å²) < 4.78 is 2.13. The molecule has 14 heavy (non-hydrogen) atoms. The zero-order valence-electron chi connectivity index (χ0n) is 7.00. The second-order valence-corrected chi connectivity index (χ2v) is 4.06. The molecule has 0 atom stereocenters.